The SMILES string of the molecule is CNCC(O)c1ccc(Cl)c(F)c1OC. The molecular formula is C10H13ClFNO2. The van der Waals surface area contributed by atoms with Crippen molar-refractivity contribution in [3.8, 4) is 5.75 Å². The lowest BCUT2D eigenvalue weighted by Gasteiger charge is -2.15. The Kier molecular flexibility index (Phi) is 4.32. The maximum Gasteiger partial charge on any atom is 0.183 e. The minimum Gasteiger partial charge on any atom is -0.493 e. The monoisotopic (exact) mass is 233 g/mol. The van der Waals surface area contributed by atoms with E-state index >= 15 is 0 Å². The van der Waals surface area contributed by atoms with Crippen molar-refractivity contribution in [2.24, 2.45) is 0 Å². The lowest BCUT2D eigenvalue weighted by atomic mass is 10.1. The van der Waals surface area contributed by atoms with E-state index in [0.717, 1.165) is 0 Å². The molecule has 1 aromatic carbocycles. The number of aliphatic hydroxyl groups excluding tert-OH is 1. The summed E-state index contributed by atoms with van der Waals surface area (Å²) in [6, 6.07) is 2.94. The number of aliphatic hydroxyl groups is 1. The zero-order valence-corrected chi connectivity index (χ0v) is 9.31. The quantitative estimate of drug-likeness (QED) is 0.833. The van der Waals surface area contributed by atoms with Gasteiger partial charge >= 0.3 is 0 Å². The van der Waals surface area contributed by atoms with E-state index in [1.165, 1.54) is 13.2 Å². The van der Waals surface area contributed by atoms with Crippen LogP contribution in [0.3, 0.4) is 0 Å². The van der Waals surface area contributed by atoms with Crippen LogP contribution in [0.25, 0.3) is 0 Å². The summed E-state index contributed by atoms with van der Waals surface area (Å²) in [5.74, 6) is -0.655. The second-order valence-electron chi connectivity index (χ2n) is 3.06. The molecule has 1 rings (SSSR count). The van der Waals surface area contributed by atoms with Crippen LogP contribution in [0.2, 0.25) is 5.02 Å². The molecule has 3 nitrogen and oxygen atoms in total. The van der Waals surface area contributed by atoms with Crippen LogP contribution in [0, 0.1) is 5.82 Å². The molecule has 0 heterocycles. The fourth-order valence-corrected chi connectivity index (χ4v) is 1.47. The van der Waals surface area contributed by atoms with Crippen molar-refractivity contribution in [1.29, 1.82) is 0 Å². The lowest BCUT2D eigenvalue weighted by molar-refractivity contribution is 0.172. The summed E-state index contributed by atoms with van der Waals surface area (Å²) in [4.78, 5) is 0. The highest BCUT2D eigenvalue weighted by Gasteiger charge is 2.18. The first-order chi connectivity index (χ1) is 7.11. The molecular weight excluding hydrogens is 221 g/mol. The molecule has 5 heteroatoms. The van der Waals surface area contributed by atoms with Crippen molar-refractivity contribution in [2.75, 3.05) is 20.7 Å². The Bertz CT molecular complexity index is 346. The highest BCUT2D eigenvalue weighted by atomic mass is 35.5. The minimum atomic E-state index is -0.822. The summed E-state index contributed by atoms with van der Waals surface area (Å²) in [7, 11) is 3.03. The molecule has 0 bridgehead atoms. The van der Waals surface area contributed by atoms with Gasteiger partial charge in [0.1, 0.15) is 0 Å². The van der Waals surface area contributed by atoms with Gasteiger partial charge in [0.2, 0.25) is 0 Å². The molecule has 15 heavy (non-hydrogen) atoms. The second-order valence-corrected chi connectivity index (χ2v) is 3.46. The fourth-order valence-electron chi connectivity index (χ4n) is 1.32. The summed E-state index contributed by atoms with van der Waals surface area (Å²) in [6.45, 7) is 0.317. The third-order valence-corrected chi connectivity index (χ3v) is 2.33. The van der Waals surface area contributed by atoms with Gasteiger partial charge in [-0.15, -0.1) is 0 Å². The van der Waals surface area contributed by atoms with Gasteiger partial charge in [-0.1, -0.05) is 17.7 Å². The molecule has 0 aliphatic rings. The Hall–Kier alpha value is -0.840. The zero-order chi connectivity index (χ0) is 11.4. The molecule has 0 saturated heterocycles. The van der Waals surface area contributed by atoms with Crippen molar-refractivity contribution < 1.29 is 14.2 Å². The molecule has 0 aromatic heterocycles. The standard InChI is InChI=1S/C10H13ClFNO2/c1-13-5-8(14)6-3-4-7(11)9(12)10(6)15-2/h3-4,8,13-14H,5H2,1-2H3. The van der Waals surface area contributed by atoms with E-state index < -0.39 is 11.9 Å². The third kappa shape index (κ3) is 2.59. The topological polar surface area (TPSA) is 41.5 Å². The third-order valence-electron chi connectivity index (χ3n) is 2.04. The van der Waals surface area contributed by atoms with Crippen molar-refractivity contribution in [3.63, 3.8) is 0 Å². The molecule has 84 valence electrons. The van der Waals surface area contributed by atoms with Crippen LogP contribution < -0.4 is 10.1 Å². The highest BCUT2D eigenvalue weighted by Crippen LogP contribution is 2.32. The summed E-state index contributed by atoms with van der Waals surface area (Å²) < 4.78 is 18.4. The predicted octanol–water partition coefficient (Wildman–Crippen LogP) is 1.74. The van der Waals surface area contributed by atoms with Crippen LogP contribution in [0.4, 0.5) is 4.39 Å². The van der Waals surface area contributed by atoms with Gasteiger partial charge in [0.05, 0.1) is 18.2 Å². The molecule has 2 N–H and O–H groups in total. The van der Waals surface area contributed by atoms with Crippen molar-refractivity contribution in [3.05, 3.63) is 28.5 Å². The number of benzene rings is 1. The Labute approximate surface area is 92.8 Å². The van der Waals surface area contributed by atoms with Crippen LogP contribution in [0.1, 0.15) is 11.7 Å². The predicted molar refractivity (Wildman–Crippen MR) is 56.8 cm³/mol. The van der Waals surface area contributed by atoms with Gasteiger partial charge in [-0.05, 0) is 13.1 Å². The molecule has 0 radical (unpaired) electrons. The van der Waals surface area contributed by atoms with Gasteiger partial charge in [0.25, 0.3) is 0 Å². The normalized spacial score (nSPS) is 12.6. The number of nitrogens with one attached hydrogen (secondary N) is 1. The fraction of sp³-hybridized carbons (Fsp3) is 0.400. The maximum absolute atomic E-state index is 13.5. The zero-order valence-electron chi connectivity index (χ0n) is 8.55. The van der Waals surface area contributed by atoms with E-state index in [-0.39, 0.29) is 10.8 Å². The Morgan fingerprint density at radius 1 is 1.60 bits per heavy atom. The van der Waals surface area contributed by atoms with Crippen molar-refractivity contribution >= 4 is 11.6 Å². The molecule has 0 fully saturated rings. The Morgan fingerprint density at radius 3 is 2.80 bits per heavy atom. The van der Waals surface area contributed by atoms with Gasteiger partial charge in [-0.2, -0.15) is 0 Å². The molecule has 0 aliphatic heterocycles. The van der Waals surface area contributed by atoms with Gasteiger partial charge in [0.15, 0.2) is 11.6 Å². The second kappa shape index (κ2) is 5.30. The summed E-state index contributed by atoms with van der Waals surface area (Å²) in [5, 5.41) is 12.5. The van der Waals surface area contributed by atoms with E-state index in [1.54, 1.807) is 13.1 Å². The van der Waals surface area contributed by atoms with Crippen LogP contribution in [0.15, 0.2) is 12.1 Å². The van der Waals surface area contributed by atoms with Crippen LogP contribution in [-0.4, -0.2) is 25.8 Å². The summed E-state index contributed by atoms with van der Waals surface area (Å²) in [6.07, 6.45) is -0.822. The van der Waals surface area contributed by atoms with Crippen molar-refractivity contribution in [2.45, 2.75) is 6.10 Å². The number of hydrogen-bond donors (Lipinski definition) is 2. The van der Waals surface area contributed by atoms with E-state index in [4.69, 9.17) is 16.3 Å². The van der Waals surface area contributed by atoms with Crippen LogP contribution >= 0.6 is 11.6 Å². The maximum atomic E-state index is 13.5. The largest absolute Gasteiger partial charge is 0.493 e. The van der Waals surface area contributed by atoms with Gasteiger partial charge in [-0.25, -0.2) is 4.39 Å². The number of hydrogen-bond acceptors (Lipinski definition) is 3. The molecule has 1 unspecified atom stereocenters. The van der Waals surface area contributed by atoms with Crippen LogP contribution in [-0.2, 0) is 0 Å². The van der Waals surface area contributed by atoms with E-state index in [0.29, 0.717) is 12.1 Å². The number of methoxy groups -OCH3 is 1. The summed E-state index contributed by atoms with van der Waals surface area (Å²) >= 11 is 5.59. The molecule has 0 saturated carbocycles. The molecule has 1 atom stereocenters. The number of rotatable bonds is 4. The van der Waals surface area contributed by atoms with Gasteiger partial charge in [-0.3, -0.25) is 0 Å². The number of ether oxygens (including phenoxy) is 1. The number of likely N-dealkylation sites (N-methyl/N-ethyl adjacent to an activating group) is 1. The first-order valence-electron chi connectivity index (χ1n) is 4.46. The Balaban J connectivity index is 3.12. The highest BCUT2D eigenvalue weighted by molar-refractivity contribution is 6.30. The molecule has 1 aromatic rings. The molecule has 0 spiro atoms. The molecule has 0 aliphatic carbocycles. The first-order valence-corrected chi connectivity index (χ1v) is 4.84. The average Bonchev–Trinajstić information content (AvgIpc) is 2.22. The van der Waals surface area contributed by atoms with Gasteiger partial charge in [0, 0.05) is 12.1 Å². The van der Waals surface area contributed by atoms with Crippen LogP contribution in [0.5, 0.6) is 5.75 Å². The first kappa shape index (κ1) is 12.2. The molecule has 0 amide bonds. The Morgan fingerprint density at radius 2 is 2.27 bits per heavy atom. The van der Waals surface area contributed by atoms with E-state index in [9.17, 15) is 9.50 Å². The lowest BCUT2D eigenvalue weighted by Crippen LogP contribution is -2.17. The van der Waals surface area contributed by atoms with E-state index in [2.05, 4.69) is 5.32 Å². The number of halogens is 2. The summed E-state index contributed by atoms with van der Waals surface area (Å²) in [5.41, 5.74) is 0.383. The minimum absolute atomic E-state index is 0.00903. The van der Waals surface area contributed by atoms with Crippen molar-refractivity contribution in [1.82, 2.24) is 5.32 Å². The average molecular weight is 234 g/mol. The van der Waals surface area contributed by atoms with Gasteiger partial charge < -0.3 is 15.2 Å². The van der Waals surface area contributed by atoms with E-state index in [1.807, 2.05) is 0 Å². The smallest absolute Gasteiger partial charge is 0.183 e.